The number of aryl methyl sites for hydroxylation is 2. The van der Waals surface area contributed by atoms with Gasteiger partial charge in [-0.1, -0.05) is 24.2 Å². The Morgan fingerprint density at radius 2 is 1.82 bits per heavy atom. The average Bonchev–Trinajstić information content (AvgIpc) is 3.40. The zero-order valence-electron chi connectivity index (χ0n) is 29.3. The maximum Gasteiger partial charge on any atom is 0.416 e. The molecule has 11 nitrogen and oxygen atoms in total. The number of rotatable bonds is 9. The van der Waals surface area contributed by atoms with Gasteiger partial charge in [-0.05, 0) is 89.9 Å². The van der Waals surface area contributed by atoms with E-state index in [9.17, 15) is 31.5 Å². The highest BCUT2D eigenvalue weighted by molar-refractivity contribution is 7.92. The molecule has 0 saturated carbocycles. The van der Waals surface area contributed by atoms with Crippen LogP contribution in [0.3, 0.4) is 0 Å². The van der Waals surface area contributed by atoms with Crippen molar-refractivity contribution in [3.05, 3.63) is 70.6 Å². The highest BCUT2D eigenvalue weighted by Gasteiger charge is 2.32. The molecule has 4 atom stereocenters. The van der Waals surface area contributed by atoms with Crippen molar-refractivity contribution in [3.8, 4) is 5.75 Å². The number of aromatic nitrogens is 1. The van der Waals surface area contributed by atoms with Crippen molar-refractivity contribution in [3.63, 3.8) is 0 Å². The summed E-state index contributed by atoms with van der Waals surface area (Å²) >= 11 is 0. The summed E-state index contributed by atoms with van der Waals surface area (Å²) in [5, 5.41) is 14.0. The van der Waals surface area contributed by atoms with Crippen LogP contribution >= 0.6 is 0 Å². The fraction of sp³-hybridized carbons (Fsp3) is 0.543. The van der Waals surface area contributed by atoms with Gasteiger partial charge in [-0.25, -0.2) is 8.42 Å². The molecule has 0 spiro atoms. The van der Waals surface area contributed by atoms with Crippen molar-refractivity contribution in [1.29, 1.82) is 0 Å². The first-order valence-electron chi connectivity index (χ1n) is 16.6. The molecule has 50 heavy (non-hydrogen) atoms. The van der Waals surface area contributed by atoms with Gasteiger partial charge in [0.05, 0.1) is 36.0 Å². The van der Waals surface area contributed by atoms with E-state index in [1.807, 2.05) is 25.8 Å². The van der Waals surface area contributed by atoms with Gasteiger partial charge in [0.15, 0.2) is 10.7 Å². The second-order valence-corrected chi connectivity index (χ2v) is 14.8. The van der Waals surface area contributed by atoms with Crippen LogP contribution < -0.4 is 9.46 Å². The third-order valence-corrected chi connectivity index (χ3v) is 10.4. The lowest BCUT2D eigenvalue weighted by molar-refractivity contribution is -0.137. The van der Waals surface area contributed by atoms with Crippen LogP contribution in [0.15, 0.2) is 51.9 Å². The predicted molar refractivity (Wildman–Crippen MR) is 181 cm³/mol. The van der Waals surface area contributed by atoms with Gasteiger partial charge in [0.1, 0.15) is 11.4 Å². The number of fused-ring (bicyclic) bond motifs is 1. The summed E-state index contributed by atoms with van der Waals surface area (Å²) in [4.78, 5) is 17.8. The van der Waals surface area contributed by atoms with Crippen molar-refractivity contribution >= 4 is 21.6 Å². The number of nitrogens with zero attached hydrogens (tertiary/aromatic N) is 3. The molecule has 2 aromatic carbocycles. The predicted octanol–water partition coefficient (Wildman–Crippen LogP) is 6.04. The number of halogens is 3. The van der Waals surface area contributed by atoms with Crippen LogP contribution in [0.25, 0.3) is 0 Å². The number of hydrogen-bond donors (Lipinski definition) is 2. The summed E-state index contributed by atoms with van der Waals surface area (Å²) in [6.07, 6.45) is -2.84. The molecule has 1 aliphatic heterocycles. The monoisotopic (exact) mass is 724 g/mol. The van der Waals surface area contributed by atoms with Crippen LogP contribution in [0.5, 0.6) is 5.75 Å². The number of nitrogens with one attached hydrogen (secondary N) is 1. The van der Waals surface area contributed by atoms with E-state index >= 15 is 0 Å². The number of sulfonamides is 1. The minimum absolute atomic E-state index is 0.0903. The Morgan fingerprint density at radius 3 is 2.44 bits per heavy atom. The van der Waals surface area contributed by atoms with Crippen molar-refractivity contribution < 1.29 is 45.5 Å². The van der Waals surface area contributed by atoms with Crippen molar-refractivity contribution in [2.45, 2.75) is 89.7 Å². The Morgan fingerprint density at radius 1 is 1.12 bits per heavy atom. The second kappa shape index (κ2) is 16.6. The number of aliphatic hydroxyl groups is 1. The molecule has 0 unspecified atom stereocenters. The summed E-state index contributed by atoms with van der Waals surface area (Å²) in [6, 6.07) is 8.97. The fourth-order valence-electron chi connectivity index (χ4n) is 6.00. The van der Waals surface area contributed by atoms with Gasteiger partial charge >= 0.3 is 6.18 Å². The van der Waals surface area contributed by atoms with Gasteiger partial charge < -0.3 is 24.0 Å². The molecule has 0 radical (unpaired) electrons. The van der Waals surface area contributed by atoms with Gasteiger partial charge in [0, 0.05) is 37.8 Å². The van der Waals surface area contributed by atoms with E-state index in [1.54, 1.807) is 13.0 Å². The number of benzene rings is 2. The Balaban J connectivity index is 1.62. The summed E-state index contributed by atoms with van der Waals surface area (Å²) < 4.78 is 86.0. The van der Waals surface area contributed by atoms with Gasteiger partial charge in [0.2, 0.25) is 0 Å². The van der Waals surface area contributed by atoms with Crippen LogP contribution in [-0.2, 0) is 27.5 Å². The van der Waals surface area contributed by atoms with Gasteiger partial charge in [0.25, 0.3) is 15.9 Å². The molecule has 15 heteroatoms. The maximum absolute atomic E-state index is 14.4. The summed E-state index contributed by atoms with van der Waals surface area (Å²) in [5.41, 5.74) is 0.453. The SMILES string of the molecule is Cc1noc(C)c1S(=O)(=O)Nc1ccc2c(c1)C(=O)N([C@H](C)CO)C[C@H](C)[C@H](CN(C)Cc1ccc(C(F)(F)F)cc1)OCCCC[C@H](C)O2. The minimum Gasteiger partial charge on any atom is -0.490 e. The normalized spacial score (nSPS) is 20.6. The second-order valence-electron chi connectivity index (χ2n) is 13.2. The topological polar surface area (TPSA) is 134 Å². The quantitative estimate of drug-likeness (QED) is 0.271. The number of likely N-dealkylation sites (N-methyl/N-ethyl adjacent to an activating group) is 1. The Labute approximate surface area is 291 Å². The van der Waals surface area contributed by atoms with E-state index in [0.717, 1.165) is 25.0 Å². The zero-order chi connectivity index (χ0) is 36.8. The highest BCUT2D eigenvalue weighted by Crippen LogP contribution is 2.31. The smallest absolute Gasteiger partial charge is 0.416 e. The Kier molecular flexibility index (Phi) is 13.0. The first-order chi connectivity index (χ1) is 23.5. The molecule has 2 heterocycles. The van der Waals surface area contributed by atoms with Gasteiger partial charge in [-0.3, -0.25) is 14.4 Å². The van der Waals surface area contributed by atoms with Crippen LogP contribution in [0, 0.1) is 19.8 Å². The van der Waals surface area contributed by atoms with Gasteiger partial charge in [-0.2, -0.15) is 13.2 Å². The van der Waals surface area contributed by atoms with E-state index < -0.39 is 33.7 Å². The molecule has 2 N–H and O–H groups in total. The first-order valence-corrected chi connectivity index (χ1v) is 18.1. The zero-order valence-corrected chi connectivity index (χ0v) is 30.1. The number of amides is 1. The lowest BCUT2D eigenvalue weighted by Crippen LogP contribution is -2.47. The largest absolute Gasteiger partial charge is 0.490 e. The number of carbonyl (C=O) groups excluding carboxylic acids is 1. The maximum atomic E-state index is 14.4. The fourth-order valence-corrected chi connectivity index (χ4v) is 7.38. The van der Waals surface area contributed by atoms with Gasteiger partial charge in [-0.15, -0.1) is 0 Å². The molecule has 0 aliphatic carbocycles. The van der Waals surface area contributed by atoms with Crippen molar-refractivity contribution in [1.82, 2.24) is 15.0 Å². The summed E-state index contributed by atoms with van der Waals surface area (Å²) in [7, 11) is -2.25. The van der Waals surface area contributed by atoms with Crippen molar-refractivity contribution in [2.24, 2.45) is 5.92 Å². The van der Waals surface area contributed by atoms with E-state index in [4.69, 9.17) is 14.0 Å². The van der Waals surface area contributed by atoms with Crippen LogP contribution in [0.2, 0.25) is 0 Å². The number of ether oxygens (including phenoxy) is 2. The highest BCUT2D eigenvalue weighted by atomic mass is 32.2. The number of carbonyl (C=O) groups is 1. The standard InChI is InChI=1S/C35H47F3N4O7S/c1-22-18-42(23(2)21-43)34(44)30-17-29(40-50(45,46)33-25(4)39-49-26(33)5)14-15-31(30)48-24(3)9-7-8-16-47-32(22)20-41(6)19-27-10-12-28(13-11-27)35(36,37)38/h10-15,17,22-24,32,40,43H,7-9,16,18-21H2,1-6H3/t22-,23+,24-,32-/m0/s1. The molecular weight excluding hydrogens is 677 g/mol. The van der Waals surface area contributed by atoms with E-state index in [2.05, 4.69) is 9.88 Å². The van der Waals surface area contributed by atoms with Crippen LogP contribution in [0.4, 0.5) is 18.9 Å². The summed E-state index contributed by atoms with van der Waals surface area (Å²) in [6.45, 7) is 9.70. The third-order valence-electron chi connectivity index (χ3n) is 8.77. The molecule has 3 aromatic rings. The molecule has 0 fully saturated rings. The van der Waals surface area contributed by atoms with E-state index in [-0.39, 0.29) is 64.6 Å². The van der Waals surface area contributed by atoms with E-state index in [1.165, 1.54) is 43.0 Å². The molecule has 1 amide bonds. The Hall–Kier alpha value is -3.66. The number of alkyl halides is 3. The average molecular weight is 725 g/mol. The lowest BCUT2D eigenvalue weighted by atomic mass is 10.0. The molecule has 0 saturated heterocycles. The number of anilines is 1. The molecular formula is C35H47F3N4O7S. The lowest BCUT2D eigenvalue weighted by Gasteiger charge is -2.36. The summed E-state index contributed by atoms with van der Waals surface area (Å²) in [5.74, 6) is -0.296. The molecule has 4 rings (SSSR count). The third kappa shape index (κ3) is 9.98. The first kappa shape index (κ1) is 39.1. The molecule has 1 aromatic heterocycles. The molecule has 1 aliphatic rings. The number of aliphatic hydroxyl groups excluding tert-OH is 1. The molecule has 0 bridgehead atoms. The van der Waals surface area contributed by atoms with E-state index in [0.29, 0.717) is 31.7 Å². The minimum atomic E-state index is -4.41. The van der Waals surface area contributed by atoms with Crippen LogP contribution in [0.1, 0.15) is 73.0 Å². The van der Waals surface area contributed by atoms with Crippen molar-refractivity contribution in [2.75, 3.05) is 38.1 Å². The molecule has 276 valence electrons. The number of hydrogen-bond acceptors (Lipinski definition) is 9. The van der Waals surface area contributed by atoms with Crippen LogP contribution in [-0.4, -0.2) is 86.0 Å². The Bertz CT molecular complexity index is 1680.